The lowest BCUT2D eigenvalue weighted by Gasteiger charge is -2.28. The summed E-state index contributed by atoms with van der Waals surface area (Å²) in [6.07, 6.45) is 2.15. The molecule has 1 aromatic carbocycles. The second-order valence-electron chi connectivity index (χ2n) is 7.26. The first-order valence-corrected chi connectivity index (χ1v) is 9.15. The predicted octanol–water partition coefficient (Wildman–Crippen LogP) is 3.20. The van der Waals surface area contributed by atoms with Crippen molar-refractivity contribution in [3.8, 4) is 0 Å². The van der Waals surface area contributed by atoms with E-state index in [1.54, 1.807) is 6.07 Å². The van der Waals surface area contributed by atoms with Gasteiger partial charge < -0.3 is 16.4 Å². The molecule has 1 aromatic rings. The molecule has 0 aliphatic heterocycles. The summed E-state index contributed by atoms with van der Waals surface area (Å²) in [6.45, 7) is 10.4. The summed E-state index contributed by atoms with van der Waals surface area (Å²) in [5.74, 6) is -0.107. The topological polar surface area (TPSA) is 84.2 Å². The number of carbonyl (C=O) groups excluding carboxylic acids is 2. The fraction of sp³-hybridized carbons (Fsp3) is 0.600. The summed E-state index contributed by atoms with van der Waals surface area (Å²) < 4.78 is 0. The molecule has 0 heterocycles. The van der Waals surface area contributed by atoms with Crippen LogP contribution < -0.4 is 16.4 Å². The number of hydrogen-bond donors (Lipinski definition) is 3. The van der Waals surface area contributed by atoms with Crippen LogP contribution in [-0.2, 0) is 4.79 Å². The number of amides is 2. The maximum atomic E-state index is 12.6. The Morgan fingerprint density at radius 2 is 1.73 bits per heavy atom. The molecule has 0 fully saturated rings. The van der Waals surface area contributed by atoms with Crippen molar-refractivity contribution >= 4 is 24.2 Å². The maximum Gasteiger partial charge on any atom is 0.252 e. The first-order chi connectivity index (χ1) is 11.7. The van der Waals surface area contributed by atoms with E-state index in [2.05, 4.69) is 10.6 Å². The van der Waals surface area contributed by atoms with Crippen LogP contribution in [0, 0.1) is 12.8 Å². The third-order valence-electron chi connectivity index (χ3n) is 4.74. The highest BCUT2D eigenvalue weighted by Crippen LogP contribution is 2.12. The lowest BCUT2D eigenvalue weighted by molar-refractivity contribution is -0.123. The van der Waals surface area contributed by atoms with Gasteiger partial charge in [0, 0.05) is 17.6 Å². The zero-order valence-electron chi connectivity index (χ0n) is 16.6. The lowest BCUT2D eigenvalue weighted by Crippen LogP contribution is -2.54. The van der Waals surface area contributed by atoms with E-state index in [1.165, 1.54) is 0 Å². The van der Waals surface area contributed by atoms with Crippen molar-refractivity contribution in [3.63, 3.8) is 0 Å². The molecule has 1 atom stereocenters. The summed E-state index contributed by atoms with van der Waals surface area (Å²) in [5.41, 5.74) is 7.34. The minimum atomic E-state index is -0.565. The van der Waals surface area contributed by atoms with Crippen molar-refractivity contribution in [1.29, 1.82) is 0 Å². The van der Waals surface area contributed by atoms with Crippen LogP contribution >= 0.6 is 12.4 Å². The molecular weight excluding hydrogens is 350 g/mol. The van der Waals surface area contributed by atoms with Crippen LogP contribution in [0.3, 0.4) is 0 Å². The summed E-state index contributed by atoms with van der Waals surface area (Å²) in [6, 6.07) is 6.81. The molecule has 0 saturated carbocycles. The number of halogens is 1. The Morgan fingerprint density at radius 3 is 2.23 bits per heavy atom. The van der Waals surface area contributed by atoms with E-state index in [0.717, 1.165) is 18.4 Å². The molecule has 4 N–H and O–H groups in total. The second kappa shape index (κ2) is 11.2. The number of hydrogen-bond acceptors (Lipinski definition) is 3. The molecule has 0 aliphatic rings. The van der Waals surface area contributed by atoms with E-state index in [1.807, 2.05) is 52.8 Å². The van der Waals surface area contributed by atoms with Gasteiger partial charge in [-0.2, -0.15) is 0 Å². The molecule has 0 bridgehead atoms. The van der Waals surface area contributed by atoms with Crippen LogP contribution in [0.25, 0.3) is 0 Å². The Hall–Kier alpha value is -1.59. The fourth-order valence-electron chi connectivity index (χ4n) is 2.65. The minimum Gasteiger partial charge on any atom is -0.352 e. The Morgan fingerprint density at radius 1 is 1.15 bits per heavy atom. The van der Waals surface area contributed by atoms with Gasteiger partial charge in [0.25, 0.3) is 5.91 Å². The van der Waals surface area contributed by atoms with Crippen molar-refractivity contribution in [2.45, 2.75) is 65.5 Å². The van der Waals surface area contributed by atoms with Gasteiger partial charge in [0.05, 0.1) is 0 Å². The lowest BCUT2D eigenvalue weighted by atomic mass is 9.94. The first kappa shape index (κ1) is 24.4. The van der Waals surface area contributed by atoms with Crippen LogP contribution in [0.15, 0.2) is 24.3 Å². The van der Waals surface area contributed by atoms with Crippen LogP contribution in [-0.4, -0.2) is 29.9 Å². The first-order valence-electron chi connectivity index (χ1n) is 9.15. The number of rotatable bonds is 9. The van der Waals surface area contributed by atoms with Crippen molar-refractivity contribution in [1.82, 2.24) is 10.6 Å². The minimum absolute atomic E-state index is 0. The van der Waals surface area contributed by atoms with Crippen LogP contribution in [0.2, 0.25) is 0 Å². The third kappa shape index (κ3) is 7.34. The quantitative estimate of drug-likeness (QED) is 0.612. The number of aryl methyl sites for hydroxylation is 1. The van der Waals surface area contributed by atoms with E-state index in [4.69, 9.17) is 5.73 Å². The zero-order valence-corrected chi connectivity index (χ0v) is 17.4. The van der Waals surface area contributed by atoms with Crippen molar-refractivity contribution < 1.29 is 9.59 Å². The van der Waals surface area contributed by atoms with Gasteiger partial charge in [0.2, 0.25) is 5.91 Å². The van der Waals surface area contributed by atoms with Gasteiger partial charge in [-0.25, -0.2) is 0 Å². The highest BCUT2D eigenvalue weighted by Gasteiger charge is 2.26. The Balaban J connectivity index is 0.00000625. The van der Waals surface area contributed by atoms with Crippen LogP contribution in [0.5, 0.6) is 0 Å². The molecule has 0 aliphatic carbocycles. The number of nitrogens with one attached hydrogen (secondary N) is 2. The molecule has 1 unspecified atom stereocenters. The van der Waals surface area contributed by atoms with Gasteiger partial charge in [-0.3, -0.25) is 9.59 Å². The molecule has 0 spiro atoms. The van der Waals surface area contributed by atoms with Crippen molar-refractivity contribution in [2.75, 3.05) is 6.54 Å². The van der Waals surface area contributed by atoms with Gasteiger partial charge in [-0.15, -0.1) is 12.4 Å². The van der Waals surface area contributed by atoms with Gasteiger partial charge in [0.15, 0.2) is 0 Å². The van der Waals surface area contributed by atoms with Crippen LogP contribution in [0.4, 0.5) is 0 Å². The smallest absolute Gasteiger partial charge is 0.252 e. The Kier molecular flexibility index (Phi) is 10.5. The molecule has 5 nitrogen and oxygen atoms in total. The van der Waals surface area contributed by atoms with Gasteiger partial charge >= 0.3 is 0 Å². The van der Waals surface area contributed by atoms with E-state index < -0.39 is 11.6 Å². The normalized spacial score (nSPS) is 12.3. The summed E-state index contributed by atoms with van der Waals surface area (Å²) >= 11 is 0. The largest absolute Gasteiger partial charge is 0.352 e. The predicted molar refractivity (Wildman–Crippen MR) is 110 cm³/mol. The highest BCUT2D eigenvalue weighted by atomic mass is 35.5. The van der Waals surface area contributed by atoms with Crippen LogP contribution in [0.1, 0.15) is 62.9 Å². The van der Waals surface area contributed by atoms with E-state index in [9.17, 15) is 9.59 Å². The van der Waals surface area contributed by atoms with E-state index in [0.29, 0.717) is 18.5 Å². The maximum absolute atomic E-state index is 12.6. The fourth-order valence-corrected chi connectivity index (χ4v) is 2.65. The molecule has 0 aromatic heterocycles. The monoisotopic (exact) mass is 383 g/mol. The molecule has 148 valence electrons. The standard InChI is InChI=1S/C20H33N3O2.ClH/c1-6-20(21,7-2)13-22-19(25)17(12-14(3)4)23-18(24)16-11-9-8-10-15(16)5;/h8-11,14,17H,6-7,12-13,21H2,1-5H3,(H,22,25)(H,23,24);1H. The zero-order chi connectivity index (χ0) is 19.0. The Bertz CT molecular complexity index is 586. The molecule has 26 heavy (non-hydrogen) atoms. The van der Waals surface area contributed by atoms with Gasteiger partial charge in [-0.1, -0.05) is 45.9 Å². The number of carbonyl (C=O) groups is 2. The second-order valence-corrected chi connectivity index (χ2v) is 7.26. The van der Waals surface area contributed by atoms with Gasteiger partial charge in [0.1, 0.15) is 6.04 Å². The number of benzene rings is 1. The molecule has 0 radical (unpaired) electrons. The summed E-state index contributed by atoms with van der Waals surface area (Å²) in [5, 5.41) is 5.81. The van der Waals surface area contributed by atoms with E-state index >= 15 is 0 Å². The molecule has 1 rings (SSSR count). The average molecular weight is 384 g/mol. The molecular formula is C20H34ClN3O2. The van der Waals surface area contributed by atoms with Gasteiger partial charge in [-0.05, 0) is 43.7 Å². The molecule has 6 heteroatoms. The van der Waals surface area contributed by atoms with E-state index in [-0.39, 0.29) is 30.1 Å². The summed E-state index contributed by atoms with van der Waals surface area (Å²) in [7, 11) is 0. The highest BCUT2D eigenvalue weighted by molar-refractivity contribution is 5.98. The molecule has 0 saturated heterocycles. The van der Waals surface area contributed by atoms with Crippen molar-refractivity contribution in [2.24, 2.45) is 11.7 Å². The Labute approximate surface area is 163 Å². The third-order valence-corrected chi connectivity index (χ3v) is 4.74. The average Bonchev–Trinajstić information content (AvgIpc) is 2.58. The van der Waals surface area contributed by atoms with Crippen molar-refractivity contribution in [3.05, 3.63) is 35.4 Å². The number of nitrogens with two attached hydrogens (primary N) is 1. The molecule has 2 amide bonds. The summed E-state index contributed by atoms with van der Waals surface area (Å²) in [4.78, 5) is 25.2. The SMILES string of the molecule is CCC(N)(CC)CNC(=O)C(CC(C)C)NC(=O)c1ccccc1C.Cl.